The van der Waals surface area contributed by atoms with Crippen LogP contribution in [0.4, 0.5) is 4.39 Å². The second-order valence-electron chi connectivity index (χ2n) is 5.11. The van der Waals surface area contributed by atoms with Gasteiger partial charge < -0.3 is 9.26 Å². The summed E-state index contributed by atoms with van der Waals surface area (Å²) in [6, 6.07) is 12.5. The van der Waals surface area contributed by atoms with E-state index in [-0.39, 0.29) is 12.4 Å². The van der Waals surface area contributed by atoms with Gasteiger partial charge in [-0.05, 0) is 43.7 Å². The highest BCUT2D eigenvalue weighted by Crippen LogP contribution is 2.21. The Kier molecular flexibility index (Phi) is 3.87. The van der Waals surface area contributed by atoms with Gasteiger partial charge in [-0.2, -0.15) is 4.98 Å². The molecule has 0 aliphatic heterocycles. The highest BCUT2D eigenvalue weighted by atomic mass is 19.1. The summed E-state index contributed by atoms with van der Waals surface area (Å²) in [5, 5.41) is 3.86. The van der Waals surface area contributed by atoms with Gasteiger partial charge in [0.15, 0.2) is 18.2 Å². The highest BCUT2D eigenvalue weighted by molar-refractivity contribution is 5.53. The number of aromatic nitrogens is 2. The summed E-state index contributed by atoms with van der Waals surface area (Å²) in [5.41, 5.74) is 2.88. The van der Waals surface area contributed by atoms with Crippen molar-refractivity contribution in [2.24, 2.45) is 0 Å². The normalized spacial score (nSPS) is 10.7. The van der Waals surface area contributed by atoms with Crippen molar-refractivity contribution in [2.75, 3.05) is 0 Å². The highest BCUT2D eigenvalue weighted by Gasteiger charge is 2.11. The van der Waals surface area contributed by atoms with Crippen molar-refractivity contribution in [2.45, 2.75) is 20.5 Å². The fourth-order valence-corrected chi connectivity index (χ4v) is 2.07. The number of halogens is 1. The number of aryl methyl sites for hydroxylation is 2. The van der Waals surface area contributed by atoms with Gasteiger partial charge in [0.25, 0.3) is 5.89 Å². The van der Waals surface area contributed by atoms with Crippen molar-refractivity contribution in [3.63, 3.8) is 0 Å². The largest absolute Gasteiger partial charge is 0.482 e. The number of rotatable bonds is 4. The van der Waals surface area contributed by atoms with Gasteiger partial charge in [0, 0.05) is 5.56 Å². The number of hydrogen-bond donors (Lipinski definition) is 0. The summed E-state index contributed by atoms with van der Waals surface area (Å²) >= 11 is 0. The molecular weight excluding hydrogens is 283 g/mol. The van der Waals surface area contributed by atoms with Crippen LogP contribution in [0.1, 0.15) is 17.0 Å². The predicted octanol–water partition coefficient (Wildman–Crippen LogP) is 4.07. The monoisotopic (exact) mass is 298 g/mol. The molecule has 0 saturated carbocycles. The van der Waals surface area contributed by atoms with Crippen molar-refractivity contribution in [1.82, 2.24) is 10.1 Å². The van der Waals surface area contributed by atoms with E-state index in [1.807, 2.05) is 38.1 Å². The minimum atomic E-state index is -0.409. The Morgan fingerprint density at radius 3 is 2.73 bits per heavy atom. The summed E-state index contributed by atoms with van der Waals surface area (Å²) in [4.78, 5) is 4.26. The van der Waals surface area contributed by atoms with Crippen LogP contribution in [0.15, 0.2) is 47.0 Å². The zero-order valence-corrected chi connectivity index (χ0v) is 12.3. The van der Waals surface area contributed by atoms with E-state index >= 15 is 0 Å². The maximum Gasteiger partial charge on any atom is 0.258 e. The Labute approximate surface area is 127 Å². The Balaban J connectivity index is 1.73. The van der Waals surface area contributed by atoms with Crippen LogP contribution in [0, 0.1) is 19.7 Å². The van der Waals surface area contributed by atoms with E-state index in [2.05, 4.69) is 10.1 Å². The van der Waals surface area contributed by atoms with E-state index in [4.69, 9.17) is 9.26 Å². The van der Waals surface area contributed by atoms with Crippen LogP contribution >= 0.6 is 0 Å². The van der Waals surface area contributed by atoms with Crippen molar-refractivity contribution in [3.8, 4) is 17.2 Å². The number of hydrogen-bond acceptors (Lipinski definition) is 4. The van der Waals surface area contributed by atoms with E-state index in [1.54, 1.807) is 12.1 Å². The lowest BCUT2D eigenvalue weighted by atomic mass is 10.1. The van der Waals surface area contributed by atoms with Gasteiger partial charge >= 0.3 is 0 Å². The lowest BCUT2D eigenvalue weighted by Gasteiger charge is -2.05. The fourth-order valence-electron chi connectivity index (χ4n) is 2.07. The molecular formula is C17H15FN2O2. The molecule has 0 unspecified atom stereocenters. The zero-order valence-electron chi connectivity index (χ0n) is 12.3. The van der Waals surface area contributed by atoms with Crippen molar-refractivity contribution in [1.29, 1.82) is 0 Å². The third-order valence-corrected chi connectivity index (χ3v) is 3.18. The topological polar surface area (TPSA) is 48.2 Å². The molecule has 0 aliphatic rings. The van der Waals surface area contributed by atoms with Gasteiger partial charge in [-0.1, -0.05) is 28.9 Å². The molecule has 1 aromatic heterocycles. The minimum absolute atomic E-state index is 0.0513. The van der Waals surface area contributed by atoms with Gasteiger partial charge in [-0.3, -0.25) is 0 Å². The van der Waals surface area contributed by atoms with E-state index in [0.29, 0.717) is 11.7 Å². The summed E-state index contributed by atoms with van der Waals surface area (Å²) in [6.07, 6.45) is 0. The molecule has 0 bridgehead atoms. The molecule has 112 valence electrons. The van der Waals surface area contributed by atoms with Crippen LogP contribution in [0.25, 0.3) is 11.5 Å². The first-order valence-corrected chi connectivity index (χ1v) is 6.90. The Bertz CT molecular complexity index is 799. The van der Waals surface area contributed by atoms with Crippen molar-refractivity contribution >= 4 is 0 Å². The Hall–Kier alpha value is -2.69. The van der Waals surface area contributed by atoms with Gasteiger partial charge in [-0.25, -0.2) is 4.39 Å². The van der Waals surface area contributed by atoms with Gasteiger partial charge in [-0.15, -0.1) is 0 Å². The van der Waals surface area contributed by atoms with Crippen LogP contribution in [0.3, 0.4) is 0 Å². The standard InChI is InChI=1S/C17H15FN2O2/c1-11-4-3-5-13(8-11)17-19-16(20-22-17)10-21-15-9-12(2)6-7-14(15)18/h3-9H,10H2,1-2H3. The molecule has 22 heavy (non-hydrogen) atoms. The third kappa shape index (κ3) is 3.14. The summed E-state index contributed by atoms with van der Waals surface area (Å²) in [7, 11) is 0. The molecule has 0 radical (unpaired) electrons. The lowest BCUT2D eigenvalue weighted by Crippen LogP contribution is -1.99. The molecule has 0 saturated heterocycles. The third-order valence-electron chi connectivity index (χ3n) is 3.18. The van der Waals surface area contributed by atoms with Gasteiger partial charge in [0.2, 0.25) is 5.82 Å². The number of ether oxygens (including phenoxy) is 1. The van der Waals surface area contributed by atoms with Gasteiger partial charge in [0.05, 0.1) is 0 Å². The molecule has 0 spiro atoms. The molecule has 4 nitrogen and oxygen atoms in total. The van der Waals surface area contributed by atoms with Crippen LogP contribution in [0.5, 0.6) is 5.75 Å². The number of benzene rings is 2. The molecule has 2 aromatic carbocycles. The molecule has 0 fully saturated rings. The molecule has 0 amide bonds. The first-order valence-electron chi connectivity index (χ1n) is 6.90. The van der Waals surface area contributed by atoms with Crippen LogP contribution in [-0.2, 0) is 6.61 Å². The van der Waals surface area contributed by atoms with E-state index in [0.717, 1.165) is 16.7 Å². The smallest absolute Gasteiger partial charge is 0.258 e. The predicted molar refractivity (Wildman–Crippen MR) is 79.9 cm³/mol. The second-order valence-corrected chi connectivity index (χ2v) is 5.11. The molecule has 5 heteroatoms. The second kappa shape index (κ2) is 5.97. The first kappa shape index (κ1) is 14.3. The summed E-state index contributed by atoms with van der Waals surface area (Å²) in [5.74, 6) is 0.569. The molecule has 0 N–H and O–H groups in total. The molecule has 0 aliphatic carbocycles. The van der Waals surface area contributed by atoms with Gasteiger partial charge in [0.1, 0.15) is 0 Å². The van der Waals surface area contributed by atoms with Crippen LogP contribution in [0.2, 0.25) is 0 Å². The molecule has 0 atom stereocenters. The summed E-state index contributed by atoms with van der Waals surface area (Å²) < 4.78 is 24.2. The van der Waals surface area contributed by atoms with Crippen molar-refractivity contribution in [3.05, 3.63) is 65.2 Å². The Morgan fingerprint density at radius 1 is 1.09 bits per heavy atom. The summed E-state index contributed by atoms with van der Waals surface area (Å²) in [6.45, 7) is 3.91. The maximum atomic E-state index is 13.6. The van der Waals surface area contributed by atoms with Crippen LogP contribution in [-0.4, -0.2) is 10.1 Å². The first-order chi connectivity index (χ1) is 10.6. The lowest BCUT2D eigenvalue weighted by molar-refractivity contribution is 0.273. The minimum Gasteiger partial charge on any atom is -0.482 e. The maximum absolute atomic E-state index is 13.6. The zero-order chi connectivity index (χ0) is 15.5. The average Bonchev–Trinajstić information content (AvgIpc) is 2.97. The fraction of sp³-hybridized carbons (Fsp3) is 0.176. The van der Waals surface area contributed by atoms with E-state index < -0.39 is 5.82 Å². The number of nitrogens with zero attached hydrogens (tertiary/aromatic N) is 2. The average molecular weight is 298 g/mol. The van der Waals surface area contributed by atoms with Crippen molar-refractivity contribution < 1.29 is 13.7 Å². The SMILES string of the molecule is Cc1cccc(-c2nc(COc3cc(C)ccc3F)no2)c1. The van der Waals surface area contributed by atoms with E-state index in [1.165, 1.54) is 6.07 Å². The quantitative estimate of drug-likeness (QED) is 0.728. The van der Waals surface area contributed by atoms with Crippen LogP contribution < -0.4 is 4.74 Å². The molecule has 3 rings (SSSR count). The Morgan fingerprint density at radius 2 is 1.91 bits per heavy atom. The van der Waals surface area contributed by atoms with E-state index in [9.17, 15) is 4.39 Å². The molecule has 3 aromatic rings. The molecule has 1 heterocycles.